The van der Waals surface area contributed by atoms with Crippen LogP contribution >= 0.6 is 34.4 Å². The lowest BCUT2D eigenvalue weighted by atomic mass is 10.2. The summed E-state index contributed by atoms with van der Waals surface area (Å²) in [6, 6.07) is 4.17. The molecule has 0 saturated carbocycles. The third-order valence-electron chi connectivity index (χ3n) is 3.49. The Balaban J connectivity index is 1.79. The normalized spacial score (nSPS) is 15.2. The highest BCUT2D eigenvalue weighted by Gasteiger charge is 2.18. The molecule has 1 fully saturated rings. The molecule has 4 nitrogen and oxygen atoms in total. The average molecular weight is 347 g/mol. The zero-order valence-electron chi connectivity index (χ0n) is 11.8. The summed E-state index contributed by atoms with van der Waals surface area (Å²) in [5.74, 6) is 3.11. The molecule has 0 aromatic carbocycles. The standard InChI is InChI=1S/C15H14N4S3/c1-2-12(21-6-1)11-10-17-15(19-4-8-20-9-5-19)18-13(11)14-16-3-7-22-14/h1-3,6-7,10H,4-5,8-9H2. The SMILES string of the molecule is c1csc(-c2cnc(N3CCSCC3)nc2-c2nccs2)c1. The number of thiophene rings is 1. The van der Waals surface area contributed by atoms with Crippen LogP contribution in [-0.2, 0) is 0 Å². The molecule has 0 spiro atoms. The van der Waals surface area contributed by atoms with Gasteiger partial charge >= 0.3 is 0 Å². The molecule has 112 valence electrons. The molecule has 0 atom stereocenters. The zero-order valence-corrected chi connectivity index (χ0v) is 14.3. The summed E-state index contributed by atoms with van der Waals surface area (Å²) in [5.41, 5.74) is 2.01. The number of anilines is 1. The van der Waals surface area contributed by atoms with E-state index in [9.17, 15) is 0 Å². The predicted molar refractivity (Wildman–Crippen MR) is 96.0 cm³/mol. The van der Waals surface area contributed by atoms with E-state index >= 15 is 0 Å². The molecule has 0 unspecified atom stereocenters. The van der Waals surface area contributed by atoms with Crippen molar-refractivity contribution >= 4 is 40.4 Å². The van der Waals surface area contributed by atoms with E-state index in [1.165, 1.54) is 4.88 Å². The van der Waals surface area contributed by atoms with E-state index in [1.54, 1.807) is 22.7 Å². The maximum Gasteiger partial charge on any atom is 0.226 e. The van der Waals surface area contributed by atoms with Crippen LogP contribution in [0.2, 0.25) is 0 Å². The Hall–Kier alpha value is -1.44. The Morgan fingerprint density at radius 3 is 2.68 bits per heavy atom. The Morgan fingerprint density at radius 2 is 1.95 bits per heavy atom. The third kappa shape index (κ3) is 2.76. The maximum absolute atomic E-state index is 4.85. The summed E-state index contributed by atoms with van der Waals surface area (Å²) in [7, 11) is 0. The fourth-order valence-electron chi connectivity index (χ4n) is 2.40. The first-order valence-electron chi connectivity index (χ1n) is 7.05. The van der Waals surface area contributed by atoms with Crippen molar-refractivity contribution in [3.05, 3.63) is 35.3 Å². The summed E-state index contributed by atoms with van der Waals surface area (Å²) in [6.07, 6.45) is 3.78. The molecule has 1 aliphatic heterocycles. The summed E-state index contributed by atoms with van der Waals surface area (Å²) in [6.45, 7) is 2.03. The number of rotatable bonds is 3. The fourth-order valence-corrected chi connectivity index (χ4v) is 4.68. The van der Waals surface area contributed by atoms with E-state index in [0.717, 1.165) is 46.8 Å². The molecule has 0 bridgehead atoms. The van der Waals surface area contributed by atoms with Gasteiger partial charge in [0, 0.05) is 52.8 Å². The van der Waals surface area contributed by atoms with Crippen LogP contribution in [0.5, 0.6) is 0 Å². The maximum atomic E-state index is 4.85. The van der Waals surface area contributed by atoms with Gasteiger partial charge in [0.1, 0.15) is 10.7 Å². The van der Waals surface area contributed by atoms with Crippen molar-refractivity contribution in [1.82, 2.24) is 15.0 Å². The van der Waals surface area contributed by atoms with Crippen LogP contribution in [-0.4, -0.2) is 39.5 Å². The molecule has 7 heteroatoms. The molecule has 3 aromatic heterocycles. The van der Waals surface area contributed by atoms with Gasteiger partial charge in [-0.3, -0.25) is 0 Å². The predicted octanol–water partition coefficient (Wildman–Crippen LogP) is 3.88. The van der Waals surface area contributed by atoms with Crippen molar-refractivity contribution in [3.8, 4) is 21.1 Å². The fraction of sp³-hybridized carbons (Fsp3) is 0.267. The Kier molecular flexibility index (Phi) is 4.09. The van der Waals surface area contributed by atoms with Crippen molar-refractivity contribution in [2.24, 2.45) is 0 Å². The number of thiazole rings is 1. The molecule has 22 heavy (non-hydrogen) atoms. The van der Waals surface area contributed by atoms with Crippen molar-refractivity contribution in [1.29, 1.82) is 0 Å². The van der Waals surface area contributed by atoms with Gasteiger partial charge in [0.25, 0.3) is 0 Å². The third-order valence-corrected chi connectivity index (χ3v) is 6.12. The van der Waals surface area contributed by atoms with Crippen LogP contribution in [0.4, 0.5) is 5.95 Å². The largest absolute Gasteiger partial charge is 0.339 e. The summed E-state index contributed by atoms with van der Waals surface area (Å²) < 4.78 is 0. The molecule has 3 aromatic rings. The van der Waals surface area contributed by atoms with Crippen LogP contribution in [0, 0.1) is 0 Å². The van der Waals surface area contributed by atoms with E-state index in [0.29, 0.717) is 0 Å². The minimum atomic E-state index is 0.825. The van der Waals surface area contributed by atoms with Crippen LogP contribution in [0.15, 0.2) is 35.3 Å². The van der Waals surface area contributed by atoms with E-state index in [2.05, 4.69) is 32.4 Å². The van der Waals surface area contributed by atoms with Gasteiger partial charge in [-0.1, -0.05) is 6.07 Å². The van der Waals surface area contributed by atoms with E-state index in [4.69, 9.17) is 4.98 Å². The number of hydrogen-bond acceptors (Lipinski definition) is 7. The highest BCUT2D eigenvalue weighted by Crippen LogP contribution is 2.34. The number of nitrogens with zero attached hydrogens (tertiary/aromatic N) is 4. The lowest BCUT2D eigenvalue weighted by molar-refractivity contribution is 0.817. The molecule has 4 rings (SSSR count). The highest BCUT2D eigenvalue weighted by molar-refractivity contribution is 7.99. The van der Waals surface area contributed by atoms with Crippen LogP contribution in [0.3, 0.4) is 0 Å². The second-order valence-corrected chi connectivity index (χ2v) is 7.91. The number of hydrogen-bond donors (Lipinski definition) is 0. The van der Waals surface area contributed by atoms with Gasteiger partial charge in [0.15, 0.2) is 0 Å². The Labute approximate surface area is 141 Å². The van der Waals surface area contributed by atoms with Crippen molar-refractivity contribution in [2.45, 2.75) is 0 Å². The van der Waals surface area contributed by atoms with Crippen molar-refractivity contribution in [3.63, 3.8) is 0 Å². The van der Waals surface area contributed by atoms with Gasteiger partial charge in [-0.25, -0.2) is 15.0 Å². The van der Waals surface area contributed by atoms with Crippen molar-refractivity contribution in [2.75, 3.05) is 29.5 Å². The van der Waals surface area contributed by atoms with Crippen LogP contribution in [0.25, 0.3) is 21.1 Å². The minimum absolute atomic E-state index is 0.825. The molecule has 0 amide bonds. The monoisotopic (exact) mass is 346 g/mol. The van der Waals surface area contributed by atoms with E-state index < -0.39 is 0 Å². The van der Waals surface area contributed by atoms with E-state index in [1.807, 2.05) is 29.5 Å². The Morgan fingerprint density at radius 1 is 1.05 bits per heavy atom. The van der Waals surface area contributed by atoms with Gasteiger partial charge in [0.2, 0.25) is 5.95 Å². The zero-order chi connectivity index (χ0) is 14.8. The first-order valence-corrected chi connectivity index (χ1v) is 9.97. The summed E-state index contributed by atoms with van der Waals surface area (Å²) in [4.78, 5) is 17.4. The second kappa shape index (κ2) is 6.36. The molecule has 1 saturated heterocycles. The minimum Gasteiger partial charge on any atom is -0.339 e. The quantitative estimate of drug-likeness (QED) is 0.720. The Bertz CT molecular complexity index is 734. The first-order chi connectivity index (χ1) is 10.9. The number of aromatic nitrogens is 3. The lowest BCUT2D eigenvalue weighted by Crippen LogP contribution is -2.33. The van der Waals surface area contributed by atoms with Gasteiger partial charge < -0.3 is 4.90 Å². The molecule has 0 aliphatic carbocycles. The molecule has 0 N–H and O–H groups in total. The molecule has 4 heterocycles. The second-order valence-electron chi connectivity index (χ2n) is 4.85. The van der Waals surface area contributed by atoms with Gasteiger partial charge in [-0.15, -0.1) is 22.7 Å². The van der Waals surface area contributed by atoms with Crippen molar-refractivity contribution < 1.29 is 0 Å². The topological polar surface area (TPSA) is 41.9 Å². The van der Waals surface area contributed by atoms with Gasteiger partial charge in [0.05, 0.1) is 0 Å². The van der Waals surface area contributed by atoms with Gasteiger partial charge in [-0.2, -0.15) is 11.8 Å². The average Bonchev–Trinajstić information content (AvgIpc) is 3.29. The van der Waals surface area contributed by atoms with Crippen LogP contribution in [0.1, 0.15) is 0 Å². The van der Waals surface area contributed by atoms with Gasteiger partial charge in [-0.05, 0) is 11.4 Å². The highest BCUT2D eigenvalue weighted by atomic mass is 32.2. The van der Waals surface area contributed by atoms with E-state index in [-0.39, 0.29) is 0 Å². The first kappa shape index (κ1) is 14.2. The molecule has 0 radical (unpaired) electrons. The summed E-state index contributed by atoms with van der Waals surface area (Å²) in [5, 5.41) is 5.03. The van der Waals surface area contributed by atoms with Crippen LogP contribution < -0.4 is 4.90 Å². The molecular formula is C15H14N4S3. The molecule has 1 aliphatic rings. The lowest BCUT2D eigenvalue weighted by Gasteiger charge is -2.26. The molecular weight excluding hydrogens is 332 g/mol. The number of thioether (sulfide) groups is 1. The summed E-state index contributed by atoms with van der Waals surface area (Å²) >= 11 is 5.32. The smallest absolute Gasteiger partial charge is 0.226 e.